The third-order valence-corrected chi connectivity index (χ3v) is 6.57. The van der Waals surface area contributed by atoms with E-state index < -0.39 is 0 Å². The summed E-state index contributed by atoms with van der Waals surface area (Å²) < 4.78 is 5.60. The Labute approximate surface area is 202 Å². The van der Waals surface area contributed by atoms with Crippen LogP contribution in [0.3, 0.4) is 0 Å². The predicted octanol–water partition coefficient (Wildman–Crippen LogP) is 4.05. The van der Waals surface area contributed by atoms with Crippen LogP contribution >= 0.6 is 11.3 Å². The summed E-state index contributed by atoms with van der Waals surface area (Å²) in [6.07, 6.45) is 0.188. The van der Waals surface area contributed by atoms with E-state index in [0.717, 1.165) is 21.7 Å². The van der Waals surface area contributed by atoms with E-state index in [0.29, 0.717) is 24.5 Å². The fourth-order valence-corrected chi connectivity index (χ4v) is 4.44. The molecule has 0 bridgehead atoms. The summed E-state index contributed by atoms with van der Waals surface area (Å²) in [5.41, 5.74) is 3.52. The fourth-order valence-electron chi connectivity index (χ4n) is 3.79. The SMILES string of the molecule is Cc1ccc(C)c(NC(=O)COc2ccc(N3C[C@@H](C(=O)NCc4cccs4)CC3=O)cc2)c1. The number of carbonyl (C=O) groups excluding carboxylic acids is 3. The Bertz CT molecular complexity index is 1180. The molecule has 1 fully saturated rings. The zero-order chi connectivity index (χ0) is 24.1. The van der Waals surface area contributed by atoms with Crippen molar-refractivity contribution in [3.8, 4) is 5.75 Å². The lowest BCUT2D eigenvalue weighted by atomic mass is 10.1. The highest BCUT2D eigenvalue weighted by atomic mass is 32.1. The molecule has 176 valence electrons. The van der Waals surface area contributed by atoms with Gasteiger partial charge in [0.1, 0.15) is 5.75 Å². The van der Waals surface area contributed by atoms with Gasteiger partial charge in [-0.3, -0.25) is 14.4 Å². The summed E-state index contributed by atoms with van der Waals surface area (Å²) in [4.78, 5) is 40.0. The molecule has 3 aromatic rings. The summed E-state index contributed by atoms with van der Waals surface area (Å²) >= 11 is 1.58. The van der Waals surface area contributed by atoms with Crippen LogP contribution in [-0.2, 0) is 20.9 Å². The van der Waals surface area contributed by atoms with Gasteiger partial charge in [-0.2, -0.15) is 0 Å². The van der Waals surface area contributed by atoms with Gasteiger partial charge >= 0.3 is 0 Å². The van der Waals surface area contributed by atoms with Crippen LogP contribution < -0.4 is 20.3 Å². The molecule has 0 radical (unpaired) electrons. The maximum atomic E-state index is 12.5. The molecular formula is C26H27N3O4S. The molecule has 1 saturated heterocycles. The molecule has 1 atom stereocenters. The highest BCUT2D eigenvalue weighted by molar-refractivity contribution is 7.09. The predicted molar refractivity (Wildman–Crippen MR) is 133 cm³/mol. The number of nitrogens with zero attached hydrogens (tertiary/aromatic N) is 1. The van der Waals surface area contributed by atoms with E-state index in [1.165, 1.54) is 0 Å². The lowest BCUT2D eigenvalue weighted by molar-refractivity contribution is -0.126. The summed E-state index contributed by atoms with van der Waals surface area (Å²) in [5.74, 6) is -0.297. The number of anilines is 2. The Morgan fingerprint density at radius 3 is 2.65 bits per heavy atom. The number of hydrogen-bond acceptors (Lipinski definition) is 5. The second-order valence-electron chi connectivity index (χ2n) is 8.35. The van der Waals surface area contributed by atoms with Crippen molar-refractivity contribution in [1.82, 2.24) is 5.32 Å². The Hall–Kier alpha value is -3.65. The van der Waals surface area contributed by atoms with Crippen molar-refractivity contribution in [2.75, 3.05) is 23.4 Å². The molecule has 8 heteroatoms. The molecule has 0 unspecified atom stereocenters. The van der Waals surface area contributed by atoms with Gasteiger partial charge in [0, 0.05) is 29.2 Å². The van der Waals surface area contributed by atoms with Gasteiger partial charge < -0.3 is 20.3 Å². The van der Waals surface area contributed by atoms with Crippen LogP contribution in [0.5, 0.6) is 5.75 Å². The van der Waals surface area contributed by atoms with Crippen molar-refractivity contribution >= 4 is 40.4 Å². The maximum absolute atomic E-state index is 12.5. The Balaban J connectivity index is 1.28. The van der Waals surface area contributed by atoms with Crippen molar-refractivity contribution in [3.63, 3.8) is 0 Å². The molecule has 3 amide bonds. The Morgan fingerprint density at radius 1 is 1.12 bits per heavy atom. The van der Waals surface area contributed by atoms with Crippen LogP contribution in [0, 0.1) is 19.8 Å². The Kier molecular flexibility index (Phi) is 7.27. The second-order valence-corrected chi connectivity index (χ2v) is 9.38. The molecule has 2 N–H and O–H groups in total. The number of nitrogens with one attached hydrogen (secondary N) is 2. The number of carbonyl (C=O) groups is 3. The molecule has 0 spiro atoms. The third-order valence-electron chi connectivity index (χ3n) is 5.70. The number of aryl methyl sites for hydroxylation is 2. The largest absolute Gasteiger partial charge is 0.484 e. The first-order valence-corrected chi connectivity index (χ1v) is 12.0. The summed E-state index contributed by atoms with van der Waals surface area (Å²) in [7, 11) is 0. The molecule has 2 heterocycles. The minimum absolute atomic E-state index is 0.0853. The average Bonchev–Trinajstić information content (AvgIpc) is 3.49. The first kappa shape index (κ1) is 23.5. The molecule has 2 aromatic carbocycles. The summed E-state index contributed by atoms with van der Waals surface area (Å²) in [6.45, 7) is 4.60. The van der Waals surface area contributed by atoms with Crippen molar-refractivity contribution in [2.24, 2.45) is 5.92 Å². The van der Waals surface area contributed by atoms with Gasteiger partial charge in [0.2, 0.25) is 11.8 Å². The first-order valence-electron chi connectivity index (χ1n) is 11.1. The minimum atomic E-state index is -0.378. The zero-order valence-corrected chi connectivity index (χ0v) is 20.0. The van der Waals surface area contributed by atoms with Gasteiger partial charge in [-0.1, -0.05) is 18.2 Å². The summed E-state index contributed by atoms with van der Waals surface area (Å²) in [6, 6.07) is 16.8. The fraction of sp³-hybridized carbons (Fsp3) is 0.269. The van der Waals surface area contributed by atoms with E-state index in [4.69, 9.17) is 4.74 Å². The number of benzene rings is 2. The van der Waals surface area contributed by atoms with Crippen LogP contribution in [0.4, 0.5) is 11.4 Å². The number of amides is 3. The molecule has 7 nitrogen and oxygen atoms in total. The maximum Gasteiger partial charge on any atom is 0.262 e. The van der Waals surface area contributed by atoms with Gasteiger partial charge in [0.25, 0.3) is 5.91 Å². The lowest BCUT2D eigenvalue weighted by Gasteiger charge is -2.17. The van der Waals surface area contributed by atoms with Crippen LogP contribution in [0.1, 0.15) is 22.4 Å². The first-order chi connectivity index (χ1) is 16.4. The van der Waals surface area contributed by atoms with Gasteiger partial charge in [-0.05, 0) is 66.8 Å². The van der Waals surface area contributed by atoms with E-state index in [2.05, 4.69) is 10.6 Å². The molecule has 0 saturated carbocycles. The van der Waals surface area contributed by atoms with Crippen molar-refractivity contribution in [1.29, 1.82) is 0 Å². The van der Waals surface area contributed by atoms with Gasteiger partial charge in [-0.15, -0.1) is 11.3 Å². The van der Waals surface area contributed by atoms with E-state index in [1.807, 2.05) is 49.6 Å². The van der Waals surface area contributed by atoms with Crippen molar-refractivity contribution in [3.05, 3.63) is 76.0 Å². The topological polar surface area (TPSA) is 87.7 Å². The normalized spacial score (nSPS) is 15.3. The lowest BCUT2D eigenvalue weighted by Crippen LogP contribution is -2.32. The number of hydrogen-bond donors (Lipinski definition) is 2. The van der Waals surface area contributed by atoms with Crippen molar-refractivity contribution < 1.29 is 19.1 Å². The number of thiophene rings is 1. The van der Waals surface area contributed by atoms with Gasteiger partial charge in [0.05, 0.1) is 12.5 Å². The van der Waals surface area contributed by atoms with Gasteiger partial charge in [-0.25, -0.2) is 0 Å². The molecule has 0 aliphatic carbocycles. The minimum Gasteiger partial charge on any atom is -0.484 e. The highest BCUT2D eigenvalue weighted by Gasteiger charge is 2.35. The van der Waals surface area contributed by atoms with E-state index in [-0.39, 0.29) is 36.7 Å². The average molecular weight is 478 g/mol. The van der Waals surface area contributed by atoms with Crippen LogP contribution in [0.25, 0.3) is 0 Å². The smallest absolute Gasteiger partial charge is 0.262 e. The standard InChI is InChI=1S/C26H27N3O4S/c1-17-5-6-18(2)23(12-17)28-24(30)16-33-21-9-7-20(8-10-21)29-15-19(13-25(29)31)26(32)27-14-22-4-3-11-34-22/h3-12,19H,13-16H2,1-2H3,(H,27,32)(H,28,30)/t19-/m0/s1. The third kappa shape index (κ3) is 5.82. The second kappa shape index (κ2) is 10.5. The van der Waals surface area contributed by atoms with Crippen LogP contribution in [0.15, 0.2) is 60.0 Å². The Morgan fingerprint density at radius 2 is 1.91 bits per heavy atom. The zero-order valence-electron chi connectivity index (χ0n) is 19.2. The van der Waals surface area contributed by atoms with Crippen LogP contribution in [-0.4, -0.2) is 30.9 Å². The molecule has 1 aliphatic rings. The van der Waals surface area contributed by atoms with Gasteiger partial charge in [0.15, 0.2) is 6.61 Å². The van der Waals surface area contributed by atoms with E-state index in [9.17, 15) is 14.4 Å². The quantitative estimate of drug-likeness (QED) is 0.512. The van der Waals surface area contributed by atoms with E-state index >= 15 is 0 Å². The molecular weight excluding hydrogens is 450 g/mol. The molecule has 4 rings (SSSR count). The van der Waals surface area contributed by atoms with Crippen LogP contribution in [0.2, 0.25) is 0 Å². The monoisotopic (exact) mass is 477 g/mol. The van der Waals surface area contributed by atoms with Crippen molar-refractivity contribution in [2.45, 2.75) is 26.8 Å². The van der Waals surface area contributed by atoms with E-state index in [1.54, 1.807) is 40.5 Å². The molecule has 34 heavy (non-hydrogen) atoms. The molecule has 1 aliphatic heterocycles. The molecule has 1 aromatic heterocycles. The highest BCUT2D eigenvalue weighted by Crippen LogP contribution is 2.27. The number of ether oxygens (including phenoxy) is 1. The summed E-state index contributed by atoms with van der Waals surface area (Å²) in [5, 5.41) is 7.74. The number of rotatable bonds is 8.